The highest BCUT2D eigenvalue weighted by molar-refractivity contribution is 5.99. The minimum Gasteiger partial charge on any atom is -0.480 e. The maximum atomic E-state index is 11.2. The van der Waals surface area contributed by atoms with Gasteiger partial charge < -0.3 is 16.2 Å². The number of nitrogens with one attached hydrogen (secondary N) is 1. The van der Waals surface area contributed by atoms with E-state index in [4.69, 9.17) is 10.8 Å². The third kappa shape index (κ3) is 3.77. The fraction of sp³-hybridized carbons (Fsp3) is 0.556. The maximum absolute atomic E-state index is 11.2. The van der Waals surface area contributed by atoms with E-state index in [1.807, 2.05) is 0 Å². The number of aliphatic carboxylic acids is 1. The number of nitrogens with zero attached hydrogens (tertiary/aromatic N) is 2. The molecule has 4 N–H and O–H groups in total. The molecular formula is C9H14N4O3. The van der Waals surface area contributed by atoms with Crippen molar-refractivity contribution < 1.29 is 14.7 Å². The van der Waals surface area contributed by atoms with Crippen LogP contribution in [0.1, 0.15) is 12.8 Å². The molecule has 0 aromatic heterocycles. The number of carboxylic acids is 1. The highest BCUT2D eigenvalue weighted by Gasteiger charge is 2.22. The van der Waals surface area contributed by atoms with Crippen molar-refractivity contribution in [2.24, 2.45) is 15.7 Å². The summed E-state index contributed by atoms with van der Waals surface area (Å²) in [6.07, 6.45) is 1.67. The average molecular weight is 226 g/mol. The van der Waals surface area contributed by atoms with Crippen molar-refractivity contribution in [3.63, 3.8) is 0 Å². The van der Waals surface area contributed by atoms with Crippen LogP contribution in [0.5, 0.6) is 0 Å². The van der Waals surface area contributed by atoms with Crippen LogP contribution in [0.3, 0.4) is 0 Å². The van der Waals surface area contributed by atoms with Gasteiger partial charge in [-0.25, -0.2) is 9.79 Å². The zero-order valence-electron chi connectivity index (χ0n) is 8.72. The number of nitrogens with two attached hydrogens (primary N) is 1. The van der Waals surface area contributed by atoms with Crippen LogP contribution in [0.25, 0.3) is 0 Å². The van der Waals surface area contributed by atoms with Crippen LogP contribution in [-0.2, 0) is 9.59 Å². The summed E-state index contributed by atoms with van der Waals surface area (Å²) in [5, 5.41) is 11.3. The average Bonchev–Trinajstić information content (AvgIpc) is 2.69. The topological polar surface area (TPSA) is 117 Å². The van der Waals surface area contributed by atoms with E-state index in [9.17, 15) is 9.59 Å². The molecule has 16 heavy (non-hydrogen) atoms. The van der Waals surface area contributed by atoms with Crippen molar-refractivity contribution >= 4 is 23.9 Å². The molecule has 0 bridgehead atoms. The fourth-order valence-corrected chi connectivity index (χ4v) is 1.26. The van der Waals surface area contributed by atoms with Gasteiger partial charge >= 0.3 is 5.97 Å². The second kappa shape index (κ2) is 5.96. The van der Waals surface area contributed by atoms with Crippen LogP contribution in [-0.4, -0.2) is 48.2 Å². The predicted octanol–water partition coefficient (Wildman–Crippen LogP) is -1.22. The SMILES string of the molecule is NCCC(=O)NC(CC1=NC=NC1)C(=O)O. The third-order valence-corrected chi connectivity index (χ3v) is 2.04. The van der Waals surface area contributed by atoms with E-state index in [-0.39, 0.29) is 25.3 Å². The number of carbonyl (C=O) groups is 2. The van der Waals surface area contributed by atoms with E-state index in [2.05, 4.69) is 15.3 Å². The summed E-state index contributed by atoms with van der Waals surface area (Å²) in [4.78, 5) is 29.8. The summed E-state index contributed by atoms with van der Waals surface area (Å²) in [5.74, 6) is -1.45. The smallest absolute Gasteiger partial charge is 0.326 e. The van der Waals surface area contributed by atoms with Gasteiger partial charge in [-0.2, -0.15) is 0 Å². The molecule has 0 saturated heterocycles. The van der Waals surface area contributed by atoms with Gasteiger partial charge in [-0.15, -0.1) is 0 Å². The van der Waals surface area contributed by atoms with Crippen molar-refractivity contribution in [3.05, 3.63) is 0 Å². The van der Waals surface area contributed by atoms with Crippen molar-refractivity contribution in [2.75, 3.05) is 13.1 Å². The quantitative estimate of drug-likeness (QED) is 0.526. The van der Waals surface area contributed by atoms with Gasteiger partial charge in [-0.3, -0.25) is 9.79 Å². The maximum Gasteiger partial charge on any atom is 0.326 e. The fourth-order valence-electron chi connectivity index (χ4n) is 1.26. The standard InChI is InChI=1S/C9H14N4O3/c10-2-1-8(14)13-7(9(15)16)3-6-4-11-5-12-6/h5,7H,1-4,10H2,(H,13,14)(H,15,16). The first-order valence-corrected chi connectivity index (χ1v) is 4.89. The summed E-state index contributed by atoms with van der Waals surface area (Å²) in [6, 6.07) is -0.959. The summed E-state index contributed by atoms with van der Waals surface area (Å²) < 4.78 is 0. The summed E-state index contributed by atoms with van der Waals surface area (Å²) in [5.41, 5.74) is 5.85. The van der Waals surface area contributed by atoms with Gasteiger partial charge in [0.15, 0.2) is 0 Å². The highest BCUT2D eigenvalue weighted by atomic mass is 16.4. The van der Waals surface area contributed by atoms with Crippen LogP contribution in [0.15, 0.2) is 9.98 Å². The molecular weight excluding hydrogens is 212 g/mol. The van der Waals surface area contributed by atoms with E-state index in [0.717, 1.165) is 0 Å². The molecule has 7 nitrogen and oxygen atoms in total. The first-order valence-electron chi connectivity index (χ1n) is 4.89. The highest BCUT2D eigenvalue weighted by Crippen LogP contribution is 2.00. The van der Waals surface area contributed by atoms with Gasteiger partial charge in [0.05, 0.1) is 6.54 Å². The lowest BCUT2D eigenvalue weighted by Gasteiger charge is -2.13. The van der Waals surface area contributed by atoms with Crippen molar-refractivity contribution in [1.29, 1.82) is 0 Å². The first-order chi connectivity index (χ1) is 7.63. The Labute approximate surface area is 92.5 Å². The molecule has 1 aliphatic heterocycles. The van der Waals surface area contributed by atoms with E-state index < -0.39 is 12.0 Å². The molecule has 0 aliphatic carbocycles. The van der Waals surface area contributed by atoms with E-state index in [0.29, 0.717) is 12.3 Å². The normalized spacial score (nSPS) is 15.7. The summed E-state index contributed by atoms with van der Waals surface area (Å²) in [6.45, 7) is 0.596. The van der Waals surface area contributed by atoms with E-state index in [1.54, 1.807) is 0 Å². The second-order valence-electron chi connectivity index (χ2n) is 3.35. The van der Waals surface area contributed by atoms with Crippen LogP contribution < -0.4 is 11.1 Å². The van der Waals surface area contributed by atoms with Gasteiger partial charge in [0.1, 0.15) is 12.4 Å². The van der Waals surface area contributed by atoms with Crippen LogP contribution in [0.2, 0.25) is 0 Å². The van der Waals surface area contributed by atoms with Crippen LogP contribution in [0, 0.1) is 0 Å². The van der Waals surface area contributed by atoms with Gasteiger partial charge in [0.25, 0.3) is 0 Å². The molecule has 0 aromatic carbocycles. The number of carbonyl (C=O) groups excluding carboxylic acids is 1. The van der Waals surface area contributed by atoms with Crippen molar-refractivity contribution in [2.45, 2.75) is 18.9 Å². The minimum atomic E-state index is -1.08. The lowest BCUT2D eigenvalue weighted by Crippen LogP contribution is -2.42. The third-order valence-electron chi connectivity index (χ3n) is 2.04. The Morgan fingerprint density at radius 2 is 2.38 bits per heavy atom. The summed E-state index contributed by atoms with van der Waals surface area (Å²) >= 11 is 0. The monoisotopic (exact) mass is 226 g/mol. The molecule has 0 fully saturated rings. The first kappa shape index (κ1) is 12.3. The van der Waals surface area contributed by atoms with E-state index >= 15 is 0 Å². The van der Waals surface area contributed by atoms with Crippen LogP contribution >= 0.6 is 0 Å². The van der Waals surface area contributed by atoms with Gasteiger partial charge in [0, 0.05) is 25.1 Å². The molecule has 1 heterocycles. The lowest BCUT2D eigenvalue weighted by molar-refractivity contribution is -0.141. The zero-order chi connectivity index (χ0) is 12.0. The summed E-state index contributed by atoms with van der Waals surface area (Å²) in [7, 11) is 0. The van der Waals surface area contributed by atoms with Gasteiger partial charge in [0.2, 0.25) is 5.91 Å². The molecule has 1 amide bonds. The van der Waals surface area contributed by atoms with E-state index in [1.165, 1.54) is 6.34 Å². The number of carboxylic acid groups (broad SMARTS) is 1. The van der Waals surface area contributed by atoms with Crippen LogP contribution in [0.4, 0.5) is 0 Å². The Kier molecular flexibility index (Phi) is 4.59. The van der Waals surface area contributed by atoms with Crippen molar-refractivity contribution in [1.82, 2.24) is 5.32 Å². The molecule has 1 rings (SSSR count). The zero-order valence-corrected chi connectivity index (χ0v) is 8.72. The largest absolute Gasteiger partial charge is 0.480 e. The Hall–Kier alpha value is -1.76. The predicted molar refractivity (Wildman–Crippen MR) is 58.6 cm³/mol. The molecule has 7 heteroatoms. The van der Waals surface area contributed by atoms with Crippen molar-refractivity contribution in [3.8, 4) is 0 Å². The minimum absolute atomic E-state index is 0.118. The number of hydrogen-bond acceptors (Lipinski definition) is 5. The second-order valence-corrected chi connectivity index (χ2v) is 3.35. The number of aliphatic imine (C=N–C) groups is 2. The number of amides is 1. The molecule has 1 unspecified atom stereocenters. The molecule has 0 saturated carbocycles. The molecule has 0 aromatic rings. The Morgan fingerprint density at radius 1 is 1.62 bits per heavy atom. The Bertz CT molecular complexity index is 338. The Morgan fingerprint density at radius 3 is 2.88 bits per heavy atom. The Balaban J connectivity index is 2.47. The molecule has 0 radical (unpaired) electrons. The van der Waals surface area contributed by atoms with Gasteiger partial charge in [-0.05, 0) is 0 Å². The molecule has 0 spiro atoms. The number of hydrogen-bond donors (Lipinski definition) is 3. The lowest BCUT2D eigenvalue weighted by atomic mass is 10.1. The molecule has 1 atom stereocenters. The van der Waals surface area contributed by atoms with Gasteiger partial charge in [-0.1, -0.05) is 0 Å². The molecule has 88 valence electrons. The molecule has 1 aliphatic rings. The number of rotatable bonds is 6.